The molecule has 2 heteroatoms. The third-order valence-electron chi connectivity index (χ3n) is 17.2. The number of likely N-dealkylation sites (tertiary alicyclic amines) is 1. The van der Waals surface area contributed by atoms with E-state index in [2.05, 4.69) is 215 Å². The number of rotatable bonds is 2. The first-order chi connectivity index (χ1) is 29.6. The van der Waals surface area contributed by atoms with Gasteiger partial charge in [0.05, 0.1) is 5.54 Å². The molecule has 5 aromatic carbocycles. The molecule has 1 N–H and O–H groups in total. The molecule has 0 amide bonds. The molecule has 1 fully saturated rings. The van der Waals surface area contributed by atoms with Gasteiger partial charge in [0.25, 0.3) is 0 Å². The van der Waals surface area contributed by atoms with Crippen molar-refractivity contribution in [3.8, 4) is 33.4 Å². The third-order valence-corrected chi connectivity index (χ3v) is 17.2. The van der Waals surface area contributed by atoms with Crippen LogP contribution in [0.5, 0.6) is 0 Å². The molecular weight excluding hydrogens is 737 g/mol. The molecule has 7 aliphatic rings. The molecule has 302 valence electrons. The van der Waals surface area contributed by atoms with E-state index in [-0.39, 0.29) is 33.7 Å². The van der Waals surface area contributed by atoms with Crippen LogP contribution in [0.3, 0.4) is 0 Å². The highest BCUT2D eigenvalue weighted by Crippen LogP contribution is 2.60. The molecule has 0 spiro atoms. The maximum atomic E-state index is 3.98. The van der Waals surface area contributed by atoms with E-state index in [1.807, 2.05) is 0 Å². The van der Waals surface area contributed by atoms with E-state index in [0.29, 0.717) is 12.0 Å². The fourth-order valence-electron chi connectivity index (χ4n) is 12.9. The molecule has 5 aliphatic carbocycles. The summed E-state index contributed by atoms with van der Waals surface area (Å²) in [6.07, 6.45) is 30.6. The van der Waals surface area contributed by atoms with Crippen LogP contribution in [0.4, 0.5) is 5.69 Å². The van der Waals surface area contributed by atoms with E-state index in [1.165, 1.54) is 84.4 Å². The number of benzene rings is 5. The minimum absolute atomic E-state index is 0.00321. The average molecular weight is 793 g/mol. The van der Waals surface area contributed by atoms with Crippen molar-refractivity contribution in [2.45, 2.75) is 82.3 Å². The Balaban J connectivity index is 0.969. The minimum Gasteiger partial charge on any atom is -0.375 e. The summed E-state index contributed by atoms with van der Waals surface area (Å²) in [6.45, 7) is 9.74. The normalized spacial score (nSPS) is 32.2. The van der Waals surface area contributed by atoms with Crippen LogP contribution in [0, 0.1) is 16.7 Å². The van der Waals surface area contributed by atoms with Gasteiger partial charge in [-0.2, -0.15) is 0 Å². The predicted molar refractivity (Wildman–Crippen MR) is 256 cm³/mol. The van der Waals surface area contributed by atoms with Gasteiger partial charge >= 0.3 is 0 Å². The lowest BCUT2D eigenvalue weighted by molar-refractivity contribution is 0.0641. The Bertz CT molecular complexity index is 2860. The summed E-state index contributed by atoms with van der Waals surface area (Å²) in [5.41, 5.74) is 19.0. The van der Waals surface area contributed by atoms with Crippen LogP contribution in [-0.4, -0.2) is 29.1 Å². The molecule has 2 nitrogen and oxygen atoms in total. The number of hydrogen-bond acceptors (Lipinski definition) is 2. The highest BCUT2D eigenvalue weighted by atomic mass is 15.2. The molecular formula is C59H56N2. The Labute approximate surface area is 362 Å². The lowest BCUT2D eigenvalue weighted by Crippen LogP contribution is -2.56. The van der Waals surface area contributed by atoms with Crippen molar-refractivity contribution < 1.29 is 0 Å². The van der Waals surface area contributed by atoms with Crippen molar-refractivity contribution in [3.05, 3.63) is 203 Å². The first-order valence-corrected chi connectivity index (χ1v) is 22.8. The first-order valence-electron chi connectivity index (χ1n) is 22.8. The summed E-state index contributed by atoms with van der Waals surface area (Å²) >= 11 is 0. The Morgan fingerprint density at radius 2 is 1.20 bits per heavy atom. The smallest absolute Gasteiger partial charge is 0.0619 e. The molecule has 0 radical (unpaired) electrons. The lowest BCUT2D eigenvalue weighted by Gasteiger charge is -2.51. The molecule has 1 saturated heterocycles. The van der Waals surface area contributed by atoms with Gasteiger partial charge in [0, 0.05) is 39.9 Å². The monoisotopic (exact) mass is 792 g/mol. The second kappa shape index (κ2) is 13.2. The minimum atomic E-state index is -0.115. The van der Waals surface area contributed by atoms with Crippen LogP contribution in [0.15, 0.2) is 170 Å². The first kappa shape index (κ1) is 37.1. The van der Waals surface area contributed by atoms with Gasteiger partial charge in [0.1, 0.15) is 0 Å². The van der Waals surface area contributed by atoms with E-state index >= 15 is 0 Å². The standard InChI is InChI=1S/C59H56N2/c1-56-29-12-13-30-58(56,3)60-52-25-22-39(34-42(52)27-31-56)40-20-23-46-44-15-7-10-18-49(44)55-51-36-41(21-24-47(51)45-16-8-9-17-48(45)54(55)50(46)35-40)43-28-33-59(4)57(2,37-43)32-26-38-14-6-11-19-53(38)61(59)5/h6-25,28-30,33-38,53-55,60H,26-27,31-32H2,1-5H3/t38?,53?,54?,55?,56-,57?,58?,59?/m1/s1. The SMILES string of the molecule is CN1C2C=CC=CC2CCC2(C)C=C(c3ccc4c(c3)C3c5ccccc5-c5ccc(-c6ccc7c(c6)CC[C@@]6(C)C=CC=CC6(C)N7)cc5C3c3ccccc3-4)C=CC12C. The van der Waals surface area contributed by atoms with Crippen LogP contribution < -0.4 is 5.32 Å². The molecule has 8 atom stereocenters. The second-order valence-electron chi connectivity index (χ2n) is 20.1. The van der Waals surface area contributed by atoms with Crippen molar-refractivity contribution in [2.75, 3.05) is 12.4 Å². The fraction of sp³-hybridized carbons (Fsp3) is 0.288. The summed E-state index contributed by atoms with van der Waals surface area (Å²) in [4.78, 5) is 2.65. The molecule has 0 aromatic heterocycles. The molecule has 61 heavy (non-hydrogen) atoms. The number of aryl methyl sites for hydroxylation is 1. The van der Waals surface area contributed by atoms with Gasteiger partial charge in [-0.1, -0.05) is 160 Å². The highest BCUT2D eigenvalue weighted by molar-refractivity contribution is 5.88. The maximum absolute atomic E-state index is 3.98. The molecule has 0 saturated carbocycles. The van der Waals surface area contributed by atoms with Gasteiger partial charge in [-0.15, -0.1) is 0 Å². The van der Waals surface area contributed by atoms with Gasteiger partial charge in [-0.3, -0.25) is 4.90 Å². The van der Waals surface area contributed by atoms with E-state index in [0.717, 1.165) is 19.3 Å². The van der Waals surface area contributed by atoms with Crippen molar-refractivity contribution in [2.24, 2.45) is 16.7 Å². The largest absolute Gasteiger partial charge is 0.375 e. The zero-order valence-corrected chi connectivity index (χ0v) is 36.3. The van der Waals surface area contributed by atoms with Crippen molar-refractivity contribution in [1.29, 1.82) is 0 Å². The fourth-order valence-corrected chi connectivity index (χ4v) is 12.9. The molecule has 2 heterocycles. The van der Waals surface area contributed by atoms with Crippen molar-refractivity contribution in [3.63, 3.8) is 0 Å². The van der Waals surface area contributed by atoms with Crippen LogP contribution in [-0.2, 0) is 6.42 Å². The Hall–Kier alpha value is -5.70. The lowest BCUT2D eigenvalue weighted by atomic mass is 9.61. The summed E-state index contributed by atoms with van der Waals surface area (Å²) in [5.74, 6) is 0.950. The van der Waals surface area contributed by atoms with Gasteiger partial charge < -0.3 is 5.32 Å². The quantitative estimate of drug-likeness (QED) is 0.192. The molecule has 7 unspecified atom stereocenters. The summed E-state index contributed by atoms with van der Waals surface area (Å²) < 4.78 is 0. The molecule has 5 aromatic rings. The van der Waals surface area contributed by atoms with Gasteiger partial charge in [-0.05, 0) is 149 Å². The highest BCUT2D eigenvalue weighted by Gasteiger charge is 2.51. The van der Waals surface area contributed by atoms with Crippen LogP contribution in [0.2, 0.25) is 0 Å². The van der Waals surface area contributed by atoms with Crippen molar-refractivity contribution >= 4 is 11.3 Å². The van der Waals surface area contributed by atoms with Crippen LogP contribution >= 0.6 is 0 Å². The Kier molecular flexibility index (Phi) is 8.00. The van der Waals surface area contributed by atoms with Crippen molar-refractivity contribution in [1.82, 2.24) is 4.90 Å². The zero-order chi connectivity index (χ0) is 41.3. The summed E-state index contributed by atoms with van der Waals surface area (Å²) in [6, 6.07) is 40.9. The molecule has 0 bridgehead atoms. The number of nitrogens with one attached hydrogen (secondary N) is 1. The summed E-state index contributed by atoms with van der Waals surface area (Å²) in [5, 5.41) is 3.98. The van der Waals surface area contributed by atoms with Crippen LogP contribution in [0.1, 0.15) is 92.2 Å². The molecule has 2 aliphatic heterocycles. The number of anilines is 1. The predicted octanol–water partition coefficient (Wildman–Crippen LogP) is 14.1. The van der Waals surface area contributed by atoms with Gasteiger partial charge in [-0.25, -0.2) is 0 Å². The summed E-state index contributed by atoms with van der Waals surface area (Å²) in [7, 11) is 2.35. The number of likely N-dealkylation sites (N-methyl/N-ethyl adjacent to an activating group) is 1. The maximum Gasteiger partial charge on any atom is 0.0619 e. The number of nitrogens with zero attached hydrogens (tertiary/aromatic N) is 1. The second-order valence-corrected chi connectivity index (χ2v) is 20.1. The topological polar surface area (TPSA) is 15.3 Å². The number of allylic oxidation sites excluding steroid dienone is 6. The molecule has 12 rings (SSSR count). The number of hydrogen-bond donors (Lipinski definition) is 1. The van der Waals surface area contributed by atoms with Crippen LogP contribution in [0.25, 0.3) is 39.0 Å². The van der Waals surface area contributed by atoms with Gasteiger partial charge in [0.2, 0.25) is 0 Å². The Morgan fingerprint density at radius 3 is 1.95 bits per heavy atom. The zero-order valence-electron chi connectivity index (χ0n) is 36.3. The number of fused-ring (bicyclic) bond motifs is 15. The Morgan fingerprint density at radius 1 is 0.574 bits per heavy atom. The average Bonchev–Trinajstić information content (AvgIpc) is 3.46. The van der Waals surface area contributed by atoms with E-state index in [9.17, 15) is 0 Å². The van der Waals surface area contributed by atoms with Gasteiger partial charge in [0.15, 0.2) is 0 Å². The van der Waals surface area contributed by atoms with E-state index < -0.39 is 0 Å². The van der Waals surface area contributed by atoms with E-state index in [1.54, 1.807) is 0 Å². The third kappa shape index (κ3) is 5.31. The van der Waals surface area contributed by atoms with E-state index in [4.69, 9.17) is 0 Å².